The summed E-state index contributed by atoms with van der Waals surface area (Å²) >= 11 is 0. The summed E-state index contributed by atoms with van der Waals surface area (Å²) in [6, 6.07) is 28.4. The molecule has 260 valence electrons. The van der Waals surface area contributed by atoms with E-state index in [0.717, 1.165) is 0 Å². The average Bonchev–Trinajstić information content (AvgIpc) is 3.14. The lowest BCUT2D eigenvalue weighted by Crippen LogP contribution is -2.46. The van der Waals surface area contributed by atoms with Crippen molar-refractivity contribution in [1.82, 2.24) is 5.32 Å². The van der Waals surface area contributed by atoms with Gasteiger partial charge >= 0.3 is 12.0 Å². The Morgan fingerprint density at radius 1 is 0.680 bits per heavy atom. The molecule has 2 N–H and O–H groups in total. The van der Waals surface area contributed by atoms with Gasteiger partial charge in [-0.25, -0.2) is 4.79 Å². The summed E-state index contributed by atoms with van der Waals surface area (Å²) in [5, 5.41) is 5.17. The van der Waals surface area contributed by atoms with Crippen molar-refractivity contribution in [3.05, 3.63) is 109 Å². The van der Waals surface area contributed by atoms with E-state index in [2.05, 4.69) is 10.6 Å². The van der Waals surface area contributed by atoms with Crippen LogP contribution in [0, 0.1) is 0 Å². The van der Waals surface area contributed by atoms with Gasteiger partial charge in [-0.3, -0.25) is 24.1 Å². The molecule has 0 saturated carbocycles. The van der Waals surface area contributed by atoms with E-state index in [4.69, 9.17) is 14.2 Å². The van der Waals surface area contributed by atoms with Gasteiger partial charge in [0.05, 0.1) is 38.6 Å². The second kappa shape index (κ2) is 17.7. The minimum Gasteiger partial charge on any atom is -0.495 e. The van der Waals surface area contributed by atoms with E-state index in [0.29, 0.717) is 28.4 Å². The first-order chi connectivity index (χ1) is 24.1. The first kappa shape index (κ1) is 36.5. The number of carbonyl (C=O) groups is 5. The number of hydrogen-bond acceptors (Lipinski definition) is 8. The van der Waals surface area contributed by atoms with Crippen LogP contribution < -0.4 is 34.8 Å². The van der Waals surface area contributed by atoms with Gasteiger partial charge in [0.25, 0.3) is 5.91 Å². The van der Waals surface area contributed by atoms with Crippen LogP contribution >= 0.6 is 0 Å². The number of nitrogens with one attached hydrogen (secondary N) is 2. The Morgan fingerprint density at radius 2 is 1.34 bits per heavy atom. The third-order valence-electron chi connectivity index (χ3n) is 7.60. The number of carbonyl (C=O) groups excluding carboxylic acids is 5. The van der Waals surface area contributed by atoms with E-state index in [1.165, 1.54) is 28.9 Å². The smallest absolute Gasteiger partial charge is 0.319 e. The number of urea groups is 1. The van der Waals surface area contributed by atoms with Gasteiger partial charge in [0.2, 0.25) is 11.8 Å². The summed E-state index contributed by atoms with van der Waals surface area (Å²) in [5.74, 6) is -1.18. The molecule has 0 bridgehead atoms. The van der Waals surface area contributed by atoms with Crippen molar-refractivity contribution in [1.29, 1.82) is 0 Å². The van der Waals surface area contributed by atoms with Crippen LogP contribution in [0.25, 0.3) is 0 Å². The molecular weight excluding hydrogens is 642 g/mol. The lowest BCUT2D eigenvalue weighted by molar-refractivity contribution is -0.139. The molecule has 0 saturated heterocycles. The Balaban J connectivity index is 1.52. The van der Waals surface area contributed by atoms with Crippen molar-refractivity contribution in [3.63, 3.8) is 0 Å². The van der Waals surface area contributed by atoms with Gasteiger partial charge in [-0.05, 0) is 54.1 Å². The van der Waals surface area contributed by atoms with Gasteiger partial charge in [-0.2, -0.15) is 0 Å². The number of methoxy groups -OCH3 is 2. The Bertz CT molecular complexity index is 1820. The van der Waals surface area contributed by atoms with Crippen molar-refractivity contribution in [2.45, 2.75) is 6.42 Å². The zero-order valence-electron chi connectivity index (χ0n) is 28.3. The highest BCUT2D eigenvalue weighted by Gasteiger charge is 2.26. The SMILES string of the molecule is COC(=O)Cc1cccc(NC(=O)NCC(=O)N(CC(=O)N(C)c2ccccc2)c2ccccc2OCC(=O)N(C)c2ccccc2OC)c1. The summed E-state index contributed by atoms with van der Waals surface area (Å²) < 4.78 is 16.0. The molecule has 0 aromatic heterocycles. The molecule has 4 aromatic rings. The number of hydrogen-bond donors (Lipinski definition) is 2. The van der Waals surface area contributed by atoms with Crippen molar-refractivity contribution >= 4 is 52.5 Å². The van der Waals surface area contributed by atoms with E-state index in [-0.39, 0.29) is 24.5 Å². The topological polar surface area (TPSA) is 147 Å². The fourth-order valence-electron chi connectivity index (χ4n) is 4.85. The maximum absolute atomic E-state index is 13.8. The first-order valence-corrected chi connectivity index (χ1v) is 15.5. The predicted octanol–water partition coefficient (Wildman–Crippen LogP) is 4.27. The highest BCUT2D eigenvalue weighted by molar-refractivity contribution is 6.06. The van der Waals surface area contributed by atoms with Crippen molar-refractivity contribution in [2.75, 3.05) is 68.0 Å². The Morgan fingerprint density at radius 3 is 2.04 bits per heavy atom. The van der Waals surface area contributed by atoms with E-state index in [9.17, 15) is 24.0 Å². The second-order valence-electron chi connectivity index (χ2n) is 10.9. The lowest BCUT2D eigenvalue weighted by Gasteiger charge is -2.27. The highest BCUT2D eigenvalue weighted by atomic mass is 16.5. The van der Waals surface area contributed by atoms with Crippen molar-refractivity contribution < 1.29 is 38.2 Å². The van der Waals surface area contributed by atoms with Crippen LogP contribution in [0.15, 0.2) is 103 Å². The second-order valence-corrected chi connectivity index (χ2v) is 10.9. The molecule has 0 unspecified atom stereocenters. The van der Waals surface area contributed by atoms with Gasteiger partial charge in [0.1, 0.15) is 18.0 Å². The molecule has 4 aromatic carbocycles. The molecular formula is C37H39N5O8. The van der Waals surface area contributed by atoms with Gasteiger partial charge in [0, 0.05) is 25.5 Å². The van der Waals surface area contributed by atoms with E-state index in [1.807, 2.05) is 6.07 Å². The van der Waals surface area contributed by atoms with E-state index < -0.39 is 42.8 Å². The first-order valence-electron chi connectivity index (χ1n) is 15.5. The molecule has 50 heavy (non-hydrogen) atoms. The van der Waals surface area contributed by atoms with Crippen LogP contribution in [0.5, 0.6) is 11.5 Å². The van der Waals surface area contributed by atoms with Crippen LogP contribution in [0.3, 0.4) is 0 Å². The number of ether oxygens (including phenoxy) is 3. The lowest BCUT2D eigenvalue weighted by atomic mass is 10.1. The van der Waals surface area contributed by atoms with Crippen LogP contribution in [0.2, 0.25) is 0 Å². The van der Waals surface area contributed by atoms with E-state index >= 15 is 0 Å². The minimum atomic E-state index is -0.684. The number of rotatable bonds is 14. The molecule has 0 fully saturated rings. The summed E-state index contributed by atoms with van der Waals surface area (Å²) in [7, 11) is 5.98. The number of anilines is 4. The van der Waals surface area contributed by atoms with Crippen molar-refractivity contribution in [3.8, 4) is 11.5 Å². The fraction of sp³-hybridized carbons (Fsp3) is 0.216. The zero-order valence-corrected chi connectivity index (χ0v) is 28.3. The molecule has 0 atom stereocenters. The summed E-state index contributed by atoms with van der Waals surface area (Å²) in [6.45, 7) is -1.28. The largest absolute Gasteiger partial charge is 0.495 e. The number of benzene rings is 4. The molecule has 0 aliphatic carbocycles. The highest BCUT2D eigenvalue weighted by Crippen LogP contribution is 2.30. The van der Waals surface area contributed by atoms with E-state index in [1.54, 1.807) is 111 Å². The van der Waals surface area contributed by atoms with Gasteiger partial charge in [-0.15, -0.1) is 0 Å². The predicted molar refractivity (Wildman–Crippen MR) is 190 cm³/mol. The number of esters is 1. The quantitative estimate of drug-likeness (QED) is 0.188. The molecule has 4 rings (SSSR count). The summed E-state index contributed by atoms with van der Waals surface area (Å²) in [5.41, 5.74) is 2.41. The third kappa shape index (κ3) is 9.83. The zero-order chi connectivity index (χ0) is 36.0. The molecule has 5 amide bonds. The van der Waals surface area contributed by atoms with Crippen molar-refractivity contribution in [2.24, 2.45) is 0 Å². The molecule has 0 radical (unpaired) electrons. The number of amides is 5. The average molecular weight is 682 g/mol. The molecule has 13 heteroatoms. The van der Waals surface area contributed by atoms with Gasteiger partial charge < -0.3 is 34.6 Å². The minimum absolute atomic E-state index is 0.0242. The van der Waals surface area contributed by atoms with Crippen LogP contribution in [-0.2, 0) is 30.3 Å². The maximum Gasteiger partial charge on any atom is 0.319 e. The Kier molecular flexibility index (Phi) is 12.9. The Hall–Kier alpha value is -6.37. The molecule has 13 nitrogen and oxygen atoms in total. The molecule has 0 heterocycles. The molecule has 0 aliphatic rings. The standard InChI is InChI=1S/C37H39N5O8/c1-40(28-15-6-5-7-16-28)34(44)24-42(33(43)23-38-37(47)39-27-14-12-13-26(21-27)22-36(46)49-4)30-18-9-11-20-32(30)50-25-35(45)41(2)29-17-8-10-19-31(29)48-3/h5-21H,22-25H2,1-4H3,(H2,38,39,47). The van der Waals surface area contributed by atoms with Crippen LogP contribution in [0.4, 0.5) is 27.5 Å². The Labute approximate surface area is 290 Å². The third-order valence-corrected chi connectivity index (χ3v) is 7.60. The fourth-order valence-corrected chi connectivity index (χ4v) is 4.85. The molecule has 0 aliphatic heterocycles. The summed E-state index contributed by atoms with van der Waals surface area (Å²) in [6.07, 6.45) is 0.0242. The summed E-state index contributed by atoms with van der Waals surface area (Å²) in [4.78, 5) is 68.9. The normalized spacial score (nSPS) is 10.3. The number of para-hydroxylation sites is 5. The maximum atomic E-state index is 13.8. The molecule has 0 spiro atoms. The monoisotopic (exact) mass is 681 g/mol. The van der Waals surface area contributed by atoms with Crippen LogP contribution in [0.1, 0.15) is 5.56 Å². The number of likely N-dealkylation sites (N-methyl/N-ethyl adjacent to an activating group) is 2. The van der Waals surface area contributed by atoms with Gasteiger partial charge in [-0.1, -0.05) is 54.6 Å². The van der Waals surface area contributed by atoms with Crippen LogP contribution in [-0.4, -0.2) is 77.7 Å². The number of nitrogens with zero attached hydrogens (tertiary/aromatic N) is 3. The van der Waals surface area contributed by atoms with Gasteiger partial charge in [0.15, 0.2) is 6.61 Å².